The molecule has 0 amide bonds. The van der Waals surface area contributed by atoms with Gasteiger partial charge in [-0.2, -0.15) is 8.42 Å². The van der Waals surface area contributed by atoms with Crippen LogP contribution in [0.1, 0.15) is 0 Å². The third kappa shape index (κ3) is 3.04. The van der Waals surface area contributed by atoms with Crippen LogP contribution in [-0.2, 0) is 24.8 Å². The molecule has 2 rings (SSSR count). The van der Waals surface area contributed by atoms with E-state index in [-0.39, 0.29) is 41.1 Å². The maximum atomic E-state index is 11.4. The van der Waals surface area contributed by atoms with Crippen LogP contribution in [0.3, 0.4) is 0 Å². The van der Waals surface area contributed by atoms with E-state index in [0.29, 0.717) is 11.1 Å². The van der Waals surface area contributed by atoms with E-state index in [9.17, 15) is 18.0 Å². The third-order valence-electron chi connectivity index (χ3n) is 2.07. The van der Waals surface area contributed by atoms with Crippen molar-refractivity contribution in [1.82, 2.24) is 0 Å². The zero-order valence-corrected chi connectivity index (χ0v) is 8.77. The summed E-state index contributed by atoms with van der Waals surface area (Å²) in [4.78, 5) is 22.4. The van der Waals surface area contributed by atoms with Gasteiger partial charge in [0.2, 0.25) is 5.78 Å². The van der Waals surface area contributed by atoms with Crippen LogP contribution in [0.25, 0.3) is 0 Å². The Labute approximate surface area is 121 Å². The van der Waals surface area contributed by atoms with Gasteiger partial charge in [-0.1, -0.05) is 6.08 Å². The second kappa shape index (κ2) is 5.59. The first-order chi connectivity index (χ1) is 7.58. The summed E-state index contributed by atoms with van der Waals surface area (Å²) in [5.74, 6) is -1.03. The first-order valence-corrected chi connectivity index (χ1v) is 5.40. The molecule has 0 aromatic rings. The van der Waals surface area contributed by atoms with Crippen LogP contribution in [0.15, 0.2) is 47.3 Å². The van der Waals surface area contributed by atoms with Crippen LogP contribution in [0.4, 0.5) is 0 Å². The van der Waals surface area contributed by atoms with Crippen LogP contribution in [0.5, 0.6) is 0 Å². The molecule has 0 aromatic heterocycles. The number of carbonyl (C=O) groups excluding carboxylic acids is 2. The van der Waals surface area contributed by atoms with Gasteiger partial charge in [-0.15, -0.1) is 0 Å². The van der Waals surface area contributed by atoms with E-state index in [1.54, 1.807) is 0 Å². The molecule has 0 saturated heterocycles. The number of carbonyl (C=O) groups is 2. The molecular weight excluding hydrogens is 255 g/mol. The van der Waals surface area contributed by atoms with Crippen LogP contribution in [-0.4, -0.2) is 49.5 Å². The fourth-order valence-electron chi connectivity index (χ4n) is 1.43. The Balaban J connectivity index is 0.00000144. The van der Waals surface area contributed by atoms with Gasteiger partial charge in [-0.05, 0) is 29.9 Å². The predicted octanol–water partition coefficient (Wildman–Crippen LogP) is -0.661. The Morgan fingerprint density at radius 1 is 1.00 bits per heavy atom. The molecule has 0 bridgehead atoms. The molecular formula is C10H7NaO5S. The van der Waals surface area contributed by atoms with E-state index in [2.05, 4.69) is 4.18 Å². The SMILES string of the molecule is O=C1C=CC2=C(O[SH](=O)=O)C(=O)C=CC2=C1.[NaH]. The second-order valence-electron chi connectivity index (χ2n) is 3.09. The molecule has 84 valence electrons. The van der Waals surface area contributed by atoms with Gasteiger partial charge in [-0.25, -0.2) is 0 Å². The van der Waals surface area contributed by atoms with Crippen molar-refractivity contribution in [3.05, 3.63) is 47.3 Å². The van der Waals surface area contributed by atoms with Crippen molar-refractivity contribution >= 4 is 52.1 Å². The van der Waals surface area contributed by atoms with E-state index < -0.39 is 16.8 Å². The molecule has 0 N–H and O–H groups in total. The number of hydrogen-bond donors (Lipinski definition) is 1. The predicted molar refractivity (Wildman–Crippen MR) is 62.0 cm³/mol. The molecule has 0 atom stereocenters. The number of hydrogen-bond acceptors (Lipinski definition) is 5. The summed E-state index contributed by atoms with van der Waals surface area (Å²) < 4.78 is 25.3. The minimum absolute atomic E-state index is 0. The molecule has 0 spiro atoms. The van der Waals surface area contributed by atoms with Crippen molar-refractivity contribution < 1.29 is 22.2 Å². The summed E-state index contributed by atoms with van der Waals surface area (Å²) in [6.07, 6.45) is 6.53. The second-order valence-corrected chi connectivity index (χ2v) is 3.72. The molecule has 0 fully saturated rings. The van der Waals surface area contributed by atoms with Gasteiger partial charge < -0.3 is 4.18 Å². The molecule has 2 aliphatic carbocycles. The van der Waals surface area contributed by atoms with Gasteiger partial charge in [0.1, 0.15) is 0 Å². The van der Waals surface area contributed by atoms with Gasteiger partial charge in [0.15, 0.2) is 11.5 Å². The summed E-state index contributed by atoms with van der Waals surface area (Å²) in [7, 11) is -3.15. The average Bonchev–Trinajstić information content (AvgIpc) is 2.22. The van der Waals surface area contributed by atoms with E-state index in [4.69, 9.17) is 0 Å². The Morgan fingerprint density at radius 2 is 1.71 bits per heavy atom. The number of allylic oxidation sites excluding steroid dienone is 7. The normalized spacial score (nSPS) is 17.8. The topological polar surface area (TPSA) is 77.5 Å². The van der Waals surface area contributed by atoms with E-state index in [1.807, 2.05) is 0 Å². The van der Waals surface area contributed by atoms with Gasteiger partial charge in [0.25, 0.3) is 11.0 Å². The van der Waals surface area contributed by atoms with E-state index in [0.717, 1.165) is 6.08 Å². The fourth-order valence-corrected chi connectivity index (χ4v) is 1.77. The molecule has 0 saturated carbocycles. The maximum absolute atomic E-state index is 11.4. The number of rotatable bonds is 2. The fraction of sp³-hybridized carbons (Fsp3) is 0. The first kappa shape index (κ1) is 14.1. The van der Waals surface area contributed by atoms with Crippen LogP contribution >= 0.6 is 0 Å². The Morgan fingerprint density at radius 3 is 2.35 bits per heavy atom. The number of thiol groups is 1. The Bertz CT molecular complexity index is 570. The Kier molecular flexibility index (Phi) is 4.64. The van der Waals surface area contributed by atoms with Crippen LogP contribution in [0, 0.1) is 0 Å². The molecule has 0 aromatic carbocycles. The summed E-state index contributed by atoms with van der Waals surface area (Å²) >= 11 is 0. The standard InChI is InChI=1S/C10H6O5S.Na.H/c11-7-2-3-8-6(5-7)1-4-9(12)10(8)15-16(13)14;;/h1-5,16H;;. The van der Waals surface area contributed by atoms with Crippen molar-refractivity contribution in [2.45, 2.75) is 0 Å². The van der Waals surface area contributed by atoms with Crippen LogP contribution in [0.2, 0.25) is 0 Å². The summed E-state index contributed by atoms with van der Waals surface area (Å²) in [6, 6.07) is 0. The van der Waals surface area contributed by atoms with Crippen molar-refractivity contribution in [3.63, 3.8) is 0 Å². The average molecular weight is 262 g/mol. The summed E-state index contributed by atoms with van der Waals surface area (Å²) in [5, 5.41) is 0. The minimum atomic E-state index is -3.15. The van der Waals surface area contributed by atoms with Crippen molar-refractivity contribution in [3.8, 4) is 0 Å². The molecule has 0 unspecified atom stereocenters. The van der Waals surface area contributed by atoms with Crippen molar-refractivity contribution in [2.75, 3.05) is 0 Å². The van der Waals surface area contributed by atoms with Crippen molar-refractivity contribution in [2.24, 2.45) is 0 Å². The van der Waals surface area contributed by atoms with Crippen molar-refractivity contribution in [1.29, 1.82) is 0 Å². The summed E-state index contributed by atoms with van der Waals surface area (Å²) in [6.45, 7) is 0. The van der Waals surface area contributed by atoms with E-state index >= 15 is 0 Å². The van der Waals surface area contributed by atoms with Gasteiger partial charge in [-0.3, -0.25) is 9.59 Å². The quantitative estimate of drug-likeness (QED) is 0.528. The van der Waals surface area contributed by atoms with Crippen LogP contribution < -0.4 is 0 Å². The molecule has 5 nitrogen and oxygen atoms in total. The molecule has 17 heavy (non-hydrogen) atoms. The molecule has 7 heteroatoms. The third-order valence-corrected chi connectivity index (χ3v) is 2.40. The first-order valence-electron chi connectivity index (χ1n) is 4.31. The number of fused-ring (bicyclic) bond motifs is 1. The Hall–Kier alpha value is -0.950. The van der Waals surface area contributed by atoms with E-state index in [1.165, 1.54) is 24.3 Å². The monoisotopic (exact) mass is 262 g/mol. The molecule has 0 aliphatic heterocycles. The zero-order chi connectivity index (χ0) is 11.7. The van der Waals surface area contributed by atoms with Gasteiger partial charge in [0.05, 0.1) is 0 Å². The molecule has 0 radical (unpaired) electrons. The summed E-state index contributed by atoms with van der Waals surface area (Å²) in [5.41, 5.74) is 0.783. The van der Waals surface area contributed by atoms with Gasteiger partial charge in [0, 0.05) is 5.57 Å². The molecule has 0 heterocycles. The zero-order valence-electron chi connectivity index (χ0n) is 7.88. The van der Waals surface area contributed by atoms with Gasteiger partial charge >= 0.3 is 29.6 Å². The molecule has 2 aliphatic rings. The number of ketones is 2.